The number of nitrogens with zero attached hydrogens (tertiary/aromatic N) is 3. The van der Waals surface area contributed by atoms with E-state index in [1.807, 2.05) is 25.1 Å². The average molecular weight is 386 g/mol. The molecule has 0 saturated carbocycles. The number of sulfonamides is 1. The number of imidazole rings is 1. The number of benzene rings is 1. The topological polar surface area (TPSA) is 73.7 Å². The van der Waals surface area contributed by atoms with Crippen LogP contribution in [0, 0.1) is 0 Å². The van der Waals surface area contributed by atoms with Crippen molar-refractivity contribution in [2.45, 2.75) is 24.5 Å². The van der Waals surface area contributed by atoms with Crippen LogP contribution in [-0.2, 0) is 17.1 Å². The number of fused-ring (bicyclic) bond motifs is 1. The van der Waals surface area contributed by atoms with Gasteiger partial charge >= 0.3 is 0 Å². The summed E-state index contributed by atoms with van der Waals surface area (Å²) in [5.74, 6) is 1.28. The Balaban J connectivity index is 1.81. The summed E-state index contributed by atoms with van der Waals surface area (Å²) in [4.78, 5) is 3.95. The summed E-state index contributed by atoms with van der Waals surface area (Å²) in [7, 11) is -2.17. The molecule has 0 radical (unpaired) electrons. The Morgan fingerprint density at radius 2 is 2.08 bits per heavy atom. The number of para-hydroxylation sites is 2. The van der Waals surface area contributed by atoms with E-state index in [1.54, 1.807) is 13.1 Å². The minimum Gasteiger partial charge on any atom is -0.486 e. The molecule has 3 rings (SSSR count). The highest BCUT2D eigenvalue weighted by Crippen LogP contribution is 2.31. The summed E-state index contributed by atoms with van der Waals surface area (Å²) < 4.78 is 40.3. The van der Waals surface area contributed by atoms with Gasteiger partial charge in [0, 0.05) is 13.6 Å². The van der Waals surface area contributed by atoms with Crippen molar-refractivity contribution in [3.8, 4) is 11.5 Å². The van der Waals surface area contributed by atoms with Gasteiger partial charge in [-0.2, -0.15) is 4.31 Å². The van der Waals surface area contributed by atoms with E-state index in [-0.39, 0.29) is 23.3 Å². The van der Waals surface area contributed by atoms with Gasteiger partial charge in [0.15, 0.2) is 11.5 Å². The molecule has 1 aromatic carbocycles. The quantitative estimate of drug-likeness (QED) is 0.762. The lowest BCUT2D eigenvalue weighted by atomic mass is 10.2. The van der Waals surface area contributed by atoms with E-state index >= 15 is 0 Å². The zero-order valence-electron chi connectivity index (χ0n) is 14.1. The van der Waals surface area contributed by atoms with Crippen molar-refractivity contribution in [3.63, 3.8) is 0 Å². The van der Waals surface area contributed by atoms with Crippen LogP contribution in [0.25, 0.3) is 0 Å². The maximum atomic E-state index is 12.9. The van der Waals surface area contributed by atoms with Crippen LogP contribution in [0.1, 0.15) is 13.3 Å². The van der Waals surface area contributed by atoms with Gasteiger partial charge in [-0.1, -0.05) is 30.7 Å². The van der Waals surface area contributed by atoms with Crippen LogP contribution in [-0.4, -0.2) is 48.1 Å². The van der Waals surface area contributed by atoms with Crippen molar-refractivity contribution < 1.29 is 17.9 Å². The number of hydrogen-bond donors (Lipinski definition) is 0. The molecule has 2 heterocycles. The van der Waals surface area contributed by atoms with Gasteiger partial charge in [-0.3, -0.25) is 0 Å². The Kier molecular flexibility index (Phi) is 5.21. The molecule has 9 heteroatoms. The van der Waals surface area contributed by atoms with E-state index in [0.29, 0.717) is 24.5 Å². The molecule has 0 unspecified atom stereocenters. The van der Waals surface area contributed by atoms with E-state index in [2.05, 4.69) is 4.98 Å². The van der Waals surface area contributed by atoms with Gasteiger partial charge in [0.25, 0.3) is 10.0 Å². The Bertz CT molecular complexity index is 853. The maximum absolute atomic E-state index is 12.9. The van der Waals surface area contributed by atoms with Gasteiger partial charge < -0.3 is 14.0 Å². The van der Waals surface area contributed by atoms with Gasteiger partial charge in [-0.05, 0) is 18.6 Å². The minimum atomic E-state index is -3.82. The van der Waals surface area contributed by atoms with Crippen LogP contribution in [0.4, 0.5) is 0 Å². The monoisotopic (exact) mass is 385 g/mol. The summed E-state index contributed by atoms with van der Waals surface area (Å²) in [6, 6.07) is 7.33. The normalized spacial score (nSPS) is 17.0. The van der Waals surface area contributed by atoms with Crippen molar-refractivity contribution >= 4 is 21.6 Å². The van der Waals surface area contributed by atoms with Crippen molar-refractivity contribution in [1.29, 1.82) is 0 Å². The van der Waals surface area contributed by atoms with Gasteiger partial charge in [0.2, 0.25) is 5.03 Å². The molecule has 1 atom stereocenters. The third kappa shape index (κ3) is 3.61. The Hall–Kier alpha value is -1.77. The summed E-state index contributed by atoms with van der Waals surface area (Å²) in [5.41, 5.74) is 0. The molecule has 0 N–H and O–H groups in total. The minimum absolute atomic E-state index is 0.0901. The Morgan fingerprint density at radius 1 is 1.36 bits per heavy atom. The molecule has 0 spiro atoms. The molecule has 1 aromatic heterocycles. The molecule has 25 heavy (non-hydrogen) atoms. The second-order valence-electron chi connectivity index (χ2n) is 5.81. The first-order chi connectivity index (χ1) is 11.9. The lowest BCUT2D eigenvalue weighted by molar-refractivity contribution is 0.0763. The first-order valence-electron chi connectivity index (χ1n) is 7.99. The predicted molar refractivity (Wildman–Crippen MR) is 93.6 cm³/mol. The summed E-state index contributed by atoms with van der Waals surface area (Å²) >= 11 is 6.09. The molecule has 1 aliphatic heterocycles. The molecule has 0 fully saturated rings. The predicted octanol–water partition coefficient (Wildman–Crippen LogP) is 2.31. The molecule has 1 aliphatic rings. The number of rotatable bonds is 6. The molecule has 0 amide bonds. The summed E-state index contributed by atoms with van der Waals surface area (Å²) in [6.07, 6.45) is 1.64. The first-order valence-corrected chi connectivity index (χ1v) is 9.80. The fourth-order valence-electron chi connectivity index (χ4n) is 2.63. The lowest BCUT2D eigenvalue weighted by Crippen LogP contribution is -2.44. The fourth-order valence-corrected chi connectivity index (χ4v) is 4.58. The summed E-state index contributed by atoms with van der Waals surface area (Å²) in [5, 5.41) is -0.0468. The Labute approximate surface area is 152 Å². The average Bonchev–Trinajstić information content (AvgIpc) is 2.94. The fraction of sp³-hybridized carbons (Fsp3) is 0.438. The van der Waals surface area contributed by atoms with Crippen LogP contribution in [0.5, 0.6) is 11.5 Å². The van der Waals surface area contributed by atoms with Crippen molar-refractivity contribution in [3.05, 3.63) is 35.7 Å². The molecule has 2 aromatic rings. The number of ether oxygens (including phenoxy) is 2. The van der Waals surface area contributed by atoms with E-state index < -0.39 is 16.1 Å². The second kappa shape index (κ2) is 7.23. The van der Waals surface area contributed by atoms with Crippen LogP contribution in [0.3, 0.4) is 0 Å². The smallest absolute Gasteiger partial charge is 0.263 e. The van der Waals surface area contributed by atoms with Crippen LogP contribution in [0.2, 0.25) is 5.15 Å². The molecule has 0 saturated heterocycles. The third-order valence-electron chi connectivity index (χ3n) is 3.87. The van der Waals surface area contributed by atoms with E-state index in [9.17, 15) is 8.42 Å². The number of aromatic nitrogens is 2. The second-order valence-corrected chi connectivity index (χ2v) is 8.02. The summed E-state index contributed by atoms with van der Waals surface area (Å²) in [6.45, 7) is 2.70. The van der Waals surface area contributed by atoms with Crippen LogP contribution >= 0.6 is 11.6 Å². The van der Waals surface area contributed by atoms with Crippen molar-refractivity contribution in [2.24, 2.45) is 7.05 Å². The molecule has 7 nitrogen and oxygen atoms in total. The maximum Gasteiger partial charge on any atom is 0.263 e. The van der Waals surface area contributed by atoms with Gasteiger partial charge in [0.1, 0.15) is 17.9 Å². The molecular formula is C16H20ClN3O4S. The largest absolute Gasteiger partial charge is 0.486 e. The molecule has 136 valence electrons. The lowest BCUT2D eigenvalue weighted by Gasteiger charge is -2.30. The van der Waals surface area contributed by atoms with Crippen LogP contribution < -0.4 is 9.47 Å². The highest BCUT2D eigenvalue weighted by atomic mass is 35.5. The SMILES string of the molecule is CCCN(C[C@@H]1COc2ccccc2O1)S(=O)(=O)c1ncn(C)c1Cl. The van der Waals surface area contributed by atoms with E-state index in [4.69, 9.17) is 21.1 Å². The first kappa shape index (κ1) is 18.0. The number of hydrogen-bond acceptors (Lipinski definition) is 5. The van der Waals surface area contributed by atoms with Gasteiger partial charge in [0.05, 0.1) is 12.9 Å². The van der Waals surface area contributed by atoms with Crippen molar-refractivity contribution in [2.75, 3.05) is 19.7 Å². The number of halogens is 1. The van der Waals surface area contributed by atoms with E-state index in [0.717, 1.165) is 0 Å². The Morgan fingerprint density at radius 3 is 2.72 bits per heavy atom. The van der Waals surface area contributed by atoms with Gasteiger partial charge in [-0.15, -0.1) is 0 Å². The highest BCUT2D eigenvalue weighted by Gasteiger charge is 2.33. The number of aryl methyl sites for hydroxylation is 1. The van der Waals surface area contributed by atoms with Crippen LogP contribution in [0.15, 0.2) is 35.6 Å². The highest BCUT2D eigenvalue weighted by molar-refractivity contribution is 7.89. The van der Waals surface area contributed by atoms with Crippen molar-refractivity contribution in [1.82, 2.24) is 13.9 Å². The standard InChI is InChI=1S/C16H20ClN3O4S/c1-3-8-20(25(21,22)16-15(17)19(2)11-18-16)9-12-10-23-13-6-4-5-7-14(13)24-12/h4-7,11-12H,3,8-10H2,1-2H3/t12-/m1/s1. The molecule has 0 bridgehead atoms. The molecular weight excluding hydrogens is 366 g/mol. The third-order valence-corrected chi connectivity index (χ3v) is 6.22. The zero-order chi connectivity index (χ0) is 18.0. The zero-order valence-corrected chi connectivity index (χ0v) is 15.6. The van der Waals surface area contributed by atoms with E-state index in [1.165, 1.54) is 15.2 Å². The molecule has 0 aliphatic carbocycles. The van der Waals surface area contributed by atoms with Gasteiger partial charge in [-0.25, -0.2) is 13.4 Å².